The van der Waals surface area contributed by atoms with Crippen molar-refractivity contribution in [1.82, 2.24) is 5.32 Å². The molecule has 1 atom stereocenters. The molecule has 15 heavy (non-hydrogen) atoms. The van der Waals surface area contributed by atoms with Gasteiger partial charge in [-0.3, -0.25) is 4.79 Å². The van der Waals surface area contributed by atoms with E-state index in [1.165, 1.54) is 0 Å². The van der Waals surface area contributed by atoms with E-state index >= 15 is 0 Å². The summed E-state index contributed by atoms with van der Waals surface area (Å²) in [5.41, 5.74) is 0.606. The Kier molecular flexibility index (Phi) is 4.39. The normalized spacial score (nSPS) is 11.5. The summed E-state index contributed by atoms with van der Waals surface area (Å²) in [6.45, 7) is 1.87. The lowest BCUT2D eigenvalue weighted by Gasteiger charge is -2.08. The van der Waals surface area contributed by atoms with Crippen LogP contribution in [0.15, 0.2) is 30.3 Å². The molecule has 0 saturated carbocycles. The van der Waals surface area contributed by atoms with Gasteiger partial charge in [0, 0.05) is 5.56 Å². The molecule has 1 amide bonds. The van der Waals surface area contributed by atoms with Gasteiger partial charge in [0.25, 0.3) is 5.91 Å². The Morgan fingerprint density at radius 1 is 1.53 bits per heavy atom. The molecule has 78 valence electrons. The second kappa shape index (κ2) is 5.84. The number of amides is 1. The Morgan fingerprint density at radius 2 is 2.20 bits per heavy atom. The van der Waals surface area contributed by atoms with Gasteiger partial charge in [0.15, 0.2) is 0 Å². The smallest absolute Gasteiger partial charge is 0.253 e. The Hall–Kier alpha value is -1.79. The van der Waals surface area contributed by atoms with Gasteiger partial charge in [-0.1, -0.05) is 24.1 Å². The number of hydrogen-bond acceptors (Lipinski definition) is 2. The second-order valence-corrected chi connectivity index (χ2v) is 2.99. The van der Waals surface area contributed by atoms with Gasteiger partial charge >= 0.3 is 0 Å². The first kappa shape index (κ1) is 11.3. The second-order valence-electron chi connectivity index (χ2n) is 2.99. The molecule has 1 N–H and O–H groups in total. The average molecular weight is 203 g/mol. The number of rotatable bonds is 4. The van der Waals surface area contributed by atoms with E-state index in [0.29, 0.717) is 5.56 Å². The minimum Gasteiger partial charge on any atom is -0.346 e. The molecule has 0 bridgehead atoms. The molecule has 0 aliphatic rings. The van der Waals surface area contributed by atoms with Crippen LogP contribution in [-0.2, 0) is 4.74 Å². The van der Waals surface area contributed by atoms with Crippen LogP contribution in [-0.4, -0.2) is 18.7 Å². The summed E-state index contributed by atoms with van der Waals surface area (Å²) in [6, 6.07) is 8.94. The SMILES string of the molecule is C#CC(C)OCNC(=O)c1ccccc1. The van der Waals surface area contributed by atoms with Gasteiger partial charge < -0.3 is 10.1 Å². The Labute approximate surface area is 89.4 Å². The Balaban J connectivity index is 2.35. The van der Waals surface area contributed by atoms with Gasteiger partial charge in [-0.05, 0) is 19.1 Å². The Bertz CT molecular complexity index is 354. The number of terminal acetylenes is 1. The molecule has 3 heteroatoms. The largest absolute Gasteiger partial charge is 0.346 e. The number of benzene rings is 1. The van der Waals surface area contributed by atoms with Crippen molar-refractivity contribution in [3.05, 3.63) is 35.9 Å². The quantitative estimate of drug-likeness (QED) is 0.593. The van der Waals surface area contributed by atoms with Crippen molar-refractivity contribution in [3.63, 3.8) is 0 Å². The average Bonchev–Trinajstić information content (AvgIpc) is 2.29. The van der Waals surface area contributed by atoms with Crippen LogP contribution in [0.25, 0.3) is 0 Å². The molecule has 0 saturated heterocycles. The van der Waals surface area contributed by atoms with E-state index in [-0.39, 0.29) is 18.7 Å². The number of nitrogens with one attached hydrogen (secondary N) is 1. The molecule has 3 nitrogen and oxygen atoms in total. The van der Waals surface area contributed by atoms with Gasteiger partial charge in [0.1, 0.15) is 12.8 Å². The lowest BCUT2D eigenvalue weighted by molar-refractivity contribution is 0.0692. The highest BCUT2D eigenvalue weighted by molar-refractivity contribution is 5.93. The van der Waals surface area contributed by atoms with E-state index in [9.17, 15) is 4.79 Å². The van der Waals surface area contributed by atoms with Crippen molar-refractivity contribution in [2.24, 2.45) is 0 Å². The number of carbonyl (C=O) groups is 1. The van der Waals surface area contributed by atoms with Crippen molar-refractivity contribution in [3.8, 4) is 12.3 Å². The fourth-order valence-corrected chi connectivity index (χ4v) is 0.972. The third-order valence-corrected chi connectivity index (χ3v) is 1.84. The zero-order valence-corrected chi connectivity index (χ0v) is 8.57. The maximum absolute atomic E-state index is 11.5. The van der Waals surface area contributed by atoms with Gasteiger partial charge in [-0.2, -0.15) is 0 Å². The van der Waals surface area contributed by atoms with Crippen LogP contribution in [0.1, 0.15) is 17.3 Å². The van der Waals surface area contributed by atoms with Crippen LogP contribution >= 0.6 is 0 Å². The number of hydrogen-bond donors (Lipinski definition) is 1. The molecule has 0 spiro atoms. The van der Waals surface area contributed by atoms with E-state index in [1.54, 1.807) is 31.2 Å². The molecule has 0 aliphatic carbocycles. The summed E-state index contributed by atoms with van der Waals surface area (Å²) in [4.78, 5) is 11.5. The predicted molar refractivity (Wildman–Crippen MR) is 58.2 cm³/mol. The van der Waals surface area contributed by atoms with Crippen molar-refractivity contribution in [2.75, 3.05) is 6.73 Å². The van der Waals surface area contributed by atoms with Crippen molar-refractivity contribution in [2.45, 2.75) is 13.0 Å². The summed E-state index contributed by atoms with van der Waals surface area (Å²) >= 11 is 0. The molecular formula is C12H13NO2. The first-order valence-corrected chi connectivity index (χ1v) is 4.65. The maximum atomic E-state index is 11.5. The summed E-state index contributed by atoms with van der Waals surface area (Å²) in [5.74, 6) is 2.24. The van der Waals surface area contributed by atoms with E-state index in [1.807, 2.05) is 6.07 Å². The third kappa shape index (κ3) is 3.84. The van der Waals surface area contributed by atoms with Gasteiger partial charge in [-0.15, -0.1) is 6.42 Å². The highest BCUT2D eigenvalue weighted by Gasteiger charge is 2.03. The minimum absolute atomic E-state index is 0.124. The third-order valence-electron chi connectivity index (χ3n) is 1.84. The monoisotopic (exact) mass is 203 g/mol. The predicted octanol–water partition coefficient (Wildman–Crippen LogP) is 1.41. The summed E-state index contributed by atoms with van der Waals surface area (Å²) < 4.78 is 5.12. The van der Waals surface area contributed by atoms with Crippen molar-refractivity contribution >= 4 is 5.91 Å². The first-order chi connectivity index (χ1) is 7.24. The Morgan fingerprint density at radius 3 is 2.80 bits per heavy atom. The van der Waals surface area contributed by atoms with Crippen LogP contribution in [0.4, 0.5) is 0 Å². The van der Waals surface area contributed by atoms with E-state index in [2.05, 4.69) is 11.2 Å². The zero-order chi connectivity index (χ0) is 11.1. The van der Waals surface area contributed by atoms with E-state index in [0.717, 1.165) is 0 Å². The fourth-order valence-electron chi connectivity index (χ4n) is 0.972. The van der Waals surface area contributed by atoms with Crippen LogP contribution in [0.2, 0.25) is 0 Å². The highest BCUT2D eigenvalue weighted by Crippen LogP contribution is 1.97. The highest BCUT2D eigenvalue weighted by atomic mass is 16.5. The topological polar surface area (TPSA) is 38.3 Å². The van der Waals surface area contributed by atoms with Gasteiger partial charge in [0.05, 0.1) is 0 Å². The van der Waals surface area contributed by atoms with Crippen LogP contribution in [0.5, 0.6) is 0 Å². The fraction of sp³-hybridized carbons (Fsp3) is 0.250. The van der Waals surface area contributed by atoms with E-state index in [4.69, 9.17) is 11.2 Å². The van der Waals surface area contributed by atoms with Gasteiger partial charge in [0.2, 0.25) is 0 Å². The molecule has 1 unspecified atom stereocenters. The lowest BCUT2D eigenvalue weighted by atomic mass is 10.2. The molecule has 1 rings (SSSR count). The molecule has 1 aromatic rings. The van der Waals surface area contributed by atoms with Crippen LogP contribution in [0, 0.1) is 12.3 Å². The molecule has 0 radical (unpaired) electrons. The van der Waals surface area contributed by atoms with Crippen molar-refractivity contribution in [1.29, 1.82) is 0 Å². The zero-order valence-electron chi connectivity index (χ0n) is 8.57. The first-order valence-electron chi connectivity index (χ1n) is 4.65. The minimum atomic E-state index is -0.291. The summed E-state index contributed by atoms with van der Waals surface area (Å²) in [7, 11) is 0. The molecule has 0 fully saturated rings. The lowest BCUT2D eigenvalue weighted by Crippen LogP contribution is -2.27. The molecule has 1 aromatic carbocycles. The molecule has 0 heterocycles. The summed E-state index contributed by atoms with van der Waals surface area (Å²) in [6.07, 6.45) is 4.82. The maximum Gasteiger partial charge on any atom is 0.253 e. The van der Waals surface area contributed by atoms with Crippen LogP contribution in [0.3, 0.4) is 0 Å². The number of ether oxygens (including phenoxy) is 1. The summed E-state index contributed by atoms with van der Waals surface area (Å²) in [5, 5.41) is 2.61. The van der Waals surface area contributed by atoms with E-state index < -0.39 is 0 Å². The molecule has 0 aliphatic heterocycles. The number of carbonyl (C=O) groups excluding carboxylic acids is 1. The van der Waals surface area contributed by atoms with Crippen molar-refractivity contribution < 1.29 is 9.53 Å². The van der Waals surface area contributed by atoms with Crippen LogP contribution < -0.4 is 5.32 Å². The standard InChI is InChI=1S/C12H13NO2/c1-3-10(2)15-9-13-12(14)11-7-5-4-6-8-11/h1,4-8,10H,9H2,2H3,(H,13,14). The molecular weight excluding hydrogens is 190 g/mol. The molecule has 0 aromatic heterocycles. The van der Waals surface area contributed by atoms with Gasteiger partial charge in [-0.25, -0.2) is 0 Å².